The van der Waals surface area contributed by atoms with Crippen LogP contribution in [0.25, 0.3) is 0 Å². The summed E-state index contributed by atoms with van der Waals surface area (Å²) < 4.78 is 12.5. The number of carbonyl (C=O) groups excluding carboxylic acids is 1. The average molecular weight is 488 g/mol. The summed E-state index contributed by atoms with van der Waals surface area (Å²) >= 11 is -2.31. The van der Waals surface area contributed by atoms with Gasteiger partial charge in [-0.3, -0.25) is 0 Å². The van der Waals surface area contributed by atoms with Crippen molar-refractivity contribution in [3.63, 3.8) is 0 Å². The SMILES string of the molecule is CCC[CH2][Sn](/[CH]=C/[C@@H](NC(=O)OC(C)(C)C)C(C)C)([CH2]CCC)[CH2]CCC. The van der Waals surface area contributed by atoms with Gasteiger partial charge in [-0.2, -0.15) is 0 Å². The fraction of sp³-hybridized carbons (Fsp3) is 0.870. The summed E-state index contributed by atoms with van der Waals surface area (Å²) in [4.78, 5) is 12.3. The maximum absolute atomic E-state index is 12.3. The van der Waals surface area contributed by atoms with Gasteiger partial charge in [0.2, 0.25) is 0 Å². The van der Waals surface area contributed by atoms with Crippen LogP contribution in [0.3, 0.4) is 0 Å². The summed E-state index contributed by atoms with van der Waals surface area (Å²) in [5.41, 5.74) is -0.457. The van der Waals surface area contributed by atoms with Crippen LogP contribution in [0, 0.1) is 5.92 Å². The molecule has 0 fully saturated rings. The molecule has 0 heterocycles. The van der Waals surface area contributed by atoms with Crippen molar-refractivity contribution in [2.45, 2.75) is 119 Å². The van der Waals surface area contributed by atoms with E-state index in [1.165, 1.54) is 51.8 Å². The van der Waals surface area contributed by atoms with Crippen molar-refractivity contribution in [2.24, 2.45) is 5.92 Å². The molecule has 0 spiro atoms. The molecular formula is C23H47NO2Sn. The third kappa shape index (κ3) is 12.8. The van der Waals surface area contributed by atoms with Crippen molar-refractivity contribution in [2.75, 3.05) is 0 Å². The van der Waals surface area contributed by atoms with Crippen LogP contribution >= 0.6 is 0 Å². The molecule has 3 nitrogen and oxygen atoms in total. The van der Waals surface area contributed by atoms with Gasteiger partial charge in [-0.05, 0) is 0 Å². The number of hydrogen-bond donors (Lipinski definition) is 1. The van der Waals surface area contributed by atoms with Crippen LogP contribution in [0.1, 0.15) is 93.9 Å². The Morgan fingerprint density at radius 1 is 0.963 bits per heavy atom. The van der Waals surface area contributed by atoms with Gasteiger partial charge in [-0.1, -0.05) is 0 Å². The number of rotatable bonds is 13. The Kier molecular flexibility index (Phi) is 13.8. The number of nitrogens with one attached hydrogen (secondary N) is 1. The molecule has 0 unspecified atom stereocenters. The number of hydrogen-bond acceptors (Lipinski definition) is 2. The molecule has 1 N–H and O–H groups in total. The Balaban J connectivity index is 5.35. The third-order valence-electron chi connectivity index (χ3n) is 5.14. The third-order valence-corrected chi connectivity index (χ3v) is 19.3. The average Bonchev–Trinajstić information content (AvgIpc) is 2.57. The molecule has 0 bridgehead atoms. The van der Waals surface area contributed by atoms with E-state index in [1.54, 1.807) is 0 Å². The van der Waals surface area contributed by atoms with E-state index < -0.39 is 24.0 Å². The number of alkyl carbamates (subject to hydrolysis) is 1. The number of unbranched alkanes of at least 4 members (excludes halogenated alkanes) is 3. The molecule has 0 aromatic carbocycles. The van der Waals surface area contributed by atoms with Crippen molar-refractivity contribution in [3.8, 4) is 0 Å². The topological polar surface area (TPSA) is 38.3 Å². The van der Waals surface area contributed by atoms with Gasteiger partial charge in [0.25, 0.3) is 0 Å². The fourth-order valence-corrected chi connectivity index (χ4v) is 17.8. The molecule has 0 aromatic heterocycles. The first kappa shape index (κ1) is 26.8. The molecule has 0 aromatic rings. The minimum absolute atomic E-state index is 0.0563. The predicted octanol–water partition coefficient (Wildman–Crippen LogP) is 7.48. The Hall–Kier alpha value is -0.191. The van der Waals surface area contributed by atoms with Crippen LogP contribution in [0.4, 0.5) is 4.79 Å². The van der Waals surface area contributed by atoms with Gasteiger partial charge in [-0.25, -0.2) is 0 Å². The number of carbonyl (C=O) groups is 1. The van der Waals surface area contributed by atoms with Crippen LogP contribution in [0.15, 0.2) is 10.2 Å². The van der Waals surface area contributed by atoms with Crippen LogP contribution in [-0.4, -0.2) is 36.1 Å². The molecule has 0 rings (SSSR count). The Bertz CT molecular complexity index is 405. The standard InChI is InChI=1S/C11H20NO2.3C4H9.Sn/c1-7-9(8(2)3)12-10(13)14-11(4,5)6;3*1-3-4-2;/h1,7-9H,2-6H3,(H,12,13);3*1,3-4H2,2H3;/t9-;;;;/m1..../s1. The molecule has 0 aliphatic rings. The van der Waals surface area contributed by atoms with Crippen molar-refractivity contribution >= 4 is 24.5 Å². The van der Waals surface area contributed by atoms with E-state index in [-0.39, 0.29) is 12.1 Å². The fourth-order valence-electron chi connectivity index (χ4n) is 3.40. The monoisotopic (exact) mass is 489 g/mol. The van der Waals surface area contributed by atoms with Crippen LogP contribution < -0.4 is 5.32 Å². The van der Waals surface area contributed by atoms with Crippen LogP contribution in [0.2, 0.25) is 13.3 Å². The Labute approximate surface area is 174 Å². The van der Waals surface area contributed by atoms with Crippen molar-refractivity contribution in [1.29, 1.82) is 0 Å². The molecular weight excluding hydrogens is 441 g/mol. The first-order valence-corrected chi connectivity index (χ1v) is 19.0. The molecule has 0 radical (unpaired) electrons. The van der Waals surface area contributed by atoms with Gasteiger partial charge in [-0.15, -0.1) is 0 Å². The maximum atomic E-state index is 12.3. The normalized spacial score (nSPS) is 14.0. The van der Waals surface area contributed by atoms with E-state index in [1.807, 2.05) is 20.8 Å². The molecule has 0 saturated carbocycles. The molecule has 0 aliphatic carbocycles. The van der Waals surface area contributed by atoms with Gasteiger partial charge in [0, 0.05) is 0 Å². The van der Waals surface area contributed by atoms with Gasteiger partial charge in [0.1, 0.15) is 0 Å². The van der Waals surface area contributed by atoms with Crippen LogP contribution in [-0.2, 0) is 4.74 Å². The van der Waals surface area contributed by atoms with E-state index in [2.05, 4.69) is 50.1 Å². The summed E-state index contributed by atoms with van der Waals surface area (Å²) in [6, 6.07) is 0.0563. The zero-order valence-corrected chi connectivity index (χ0v) is 22.3. The van der Waals surface area contributed by atoms with Crippen LogP contribution in [0.5, 0.6) is 0 Å². The number of amides is 1. The molecule has 160 valence electrons. The minimum atomic E-state index is -2.31. The molecule has 1 atom stereocenters. The van der Waals surface area contributed by atoms with Gasteiger partial charge in [0.05, 0.1) is 0 Å². The van der Waals surface area contributed by atoms with Gasteiger partial charge < -0.3 is 0 Å². The zero-order valence-electron chi connectivity index (χ0n) is 19.5. The quantitative estimate of drug-likeness (QED) is 0.273. The Morgan fingerprint density at radius 3 is 1.74 bits per heavy atom. The number of ether oxygens (including phenoxy) is 1. The molecule has 0 saturated heterocycles. The summed E-state index contributed by atoms with van der Waals surface area (Å²) in [5.74, 6) is 0.362. The second-order valence-corrected chi connectivity index (χ2v) is 22.5. The van der Waals surface area contributed by atoms with Crippen molar-refractivity contribution in [1.82, 2.24) is 5.32 Å². The summed E-state index contributed by atoms with van der Waals surface area (Å²) in [6.45, 7) is 17.0. The molecule has 4 heteroatoms. The second-order valence-electron chi connectivity index (χ2n) is 9.45. The van der Waals surface area contributed by atoms with E-state index >= 15 is 0 Å². The zero-order chi connectivity index (χ0) is 20.9. The van der Waals surface area contributed by atoms with Crippen molar-refractivity contribution < 1.29 is 9.53 Å². The summed E-state index contributed by atoms with van der Waals surface area (Å²) in [6.07, 6.45) is 9.98. The molecule has 0 aliphatic heterocycles. The first-order valence-electron chi connectivity index (χ1n) is 11.3. The van der Waals surface area contributed by atoms with E-state index in [0.717, 1.165) is 0 Å². The first-order chi connectivity index (χ1) is 12.6. The predicted molar refractivity (Wildman–Crippen MR) is 122 cm³/mol. The Morgan fingerprint density at radius 2 is 1.41 bits per heavy atom. The molecule has 1 amide bonds. The van der Waals surface area contributed by atoms with Gasteiger partial charge >= 0.3 is 174 Å². The van der Waals surface area contributed by atoms with Gasteiger partial charge in [0.15, 0.2) is 0 Å². The second kappa shape index (κ2) is 13.9. The summed E-state index contributed by atoms with van der Waals surface area (Å²) in [7, 11) is 0. The van der Waals surface area contributed by atoms with E-state index in [0.29, 0.717) is 5.92 Å². The van der Waals surface area contributed by atoms with E-state index in [9.17, 15) is 4.79 Å². The summed E-state index contributed by atoms with van der Waals surface area (Å²) in [5, 5.41) is 3.10. The van der Waals surface area contributed by atoms with Crippen molar-refractivity contribution in [3.05, 3.63) is 10.2 Å². The van der Waals surface area contributed by atoms with E-state index in [4.69, 9.17) is 4.74 Å². The molecule has 27 heavy (non-hydrogen) atoms.